The lowest BCUT2D eigenvalue weighted by Gasteiger charge is -2.30. The third-order valence-electron chi connectivity index (χ3n) is 4.53. The van der Waals surface area contributed by atoms with Crippen LogP contribution in [0, 0.1) is 5.92 Å². The second-order valence-electron chi connectivity index (χ2n) is 6.64. The van der Waals surface area contributed by atoms with Crippen molar-refractivity contribution in [1.82, 2.24) is 14.5 Å². The van der Waals surface area contributed by atoms with Crippen molar-refractivity contribution in [2.45, 2.75) is 31.5 Å². The van der Waals surface area contributed by atoms with E-state index in [1.807, 2.05) is 4.90 Å². The standard InChI is InChI=1S/C19H22ClN3O2S/c1-3-8-23-18(25)15-7-6-14(20)10-16(15)21-19(23)26-12-17(24)22-9-4-5-13(2)11-22/h3,6-7,10,13H,1,4-5,8-9,11-12H2,2H3. The van der Waals surface area contributed by atoms with Crippen LogP contribution in [0.15, 0.2) is 40.8 Å². The fourth-order valence-corrected chi connectivity index (χ4v) is 4.29. The minimum Gasteiger partial charge on any atom is -0.342 e. The van der Waals surface area contributed by atoms with Gasteiger partial charge in [0.2, 0.25) is 5.91 Å². The van der Waals surface area contributed by atoms with Crippen molar-refractivity contribution in [1.29, 1.82) is 0 Å². The molecule has 0 N–H and O–H groups in total. The lowest BCUT2D eigenvalue weighted by Crippen LogP contribution is -2.40. The van der Waals surface area contributed by atoms with E-state index in [1.165, 1.54) is 18.2 Å². The lowest BCUT2D eigenvalue weighted by atomic mass is 10.0. The largest absolute Gasteiger partial charge is 0.342 e. The second kappa shape index (κ2) is 8.27. The first-order chi connectivity index (χ1) is 12.5. The Hall–Kier alpha value is -1.79. The van der Waals surface area contributed by atoms with Gasteiger partial charge in [0.25, 0.3) is 5.56 Å². The summed E-state index contributed by atoms with van der Waals surface area (Å²) in [5, 5.41) is 1.56. The predicted molar refractivity (Wildman–Crippen MR) is 107 cm³/mol. The highest BCUT2D eigenvalue weighted by atomic mass is 35.5. The molecule has 2 heterocycles. The van der Waals surface area contributed by atoms with E-state index in [2.05, 4.69) is 18.5 Å². The monoisotopic (exact) mass is 391 g/mol. The van der Waals surface area contributed by atoms with Crippen molar-refractivity contribution in [2.75, 3.05) is 18.8 Å². The topological polar surface area (TPSA) is 55.2 Å². The number of aromatic nitrogens is 2. The number of likely N-dealkylation sites (tertiary alicyclic amines) is 1. The van der Waals surface area contributed by atoms with Crippen LogP contribution < -0.4 is 5.56 Å². The van der Waals surface area contributed by atoms with Gasteiger partial charge in [0.05, 0.1) is 16.7 Å². The molecule has 5 nitrogen and oxygen atoms in total. The van der Waals surface area contributed by atoms with Gasteiger partial charge in [0.1, 0.15) is 0 Å². The van der Waals surface area contributed by atoms with Crippen molar-refractivity contribution in [3.05, 3.63) is 46.2 Å². The quantitative estimate of drug-likeness (QED) is 0.444. The Morgan fingerprint density at radius 2 is 2.31 bits per heavy atom. The van der Waals surface area contributed by atoms with E-state index in [-0.39, 0.29) is 17.2 Å². The second-order valence-corrected chi connectivity index (χ2v) is 8.02. The molecule has 3 rings (SSSR count). The molecule has 1 saturated heterocycles. The minimum absolute atomic E-state index is 0.0899. The smallest absolute Gasteiger partial charge is 0.262 e. The molecular weight excluding hydrogens is 370 g/mol. The first kappa shape index (κ1) is 19.0. The van der Waals surface area contributed by atoms with E-state index in [4.69, 9.17) is 11.6 Å². The zero-order valence-corrected chi connectivity index (χ0v) is 16.4. The third-order valence-corrected chi connectivity index (χ3v) is 5.72. The number of rotatable bonds is 5. The van der Waals surface area contributed by atoms with Gasteiger partial charge >= 0.3 is 0 Å². The Morgan fingerprint density at radius 1 is 1.50 bits per heavy atom. The molecule has 1 unspecified atom stereocenters. The maximum atomic E-state index is 12.8. The maximum absolute atomic E-state index is 12.8. The highest BCUT2D eigenvalue weighted by Crippen LogP contribution is 2.22. The van der Waals surface area contributed by atoms with E-state index >= 15 is 0 Å². The van der Waals surface area contributed by atoms with Gasteiger partial charge in [0.15, 0.2) is 5.16 Å². The molecule has 0 bridgehead atoms. The van der Waals surface area contributed by atoms with Crippen molar-refractivity contribution < 1.29 is 4.79 Å². The summed E-state index contributed by atoms with van der Waals surface area (Å²) in [6.07, 6.45) is 3.87. The molecule has 138 valence electrons. The molecule has 26 heavy (non-hydrogen) atoms. The number of allylic oxidation sites excluding steroid dienone is 1. The van der Waals surface area contributed by atoms with Crippen LogP contribution in [0.3, 0.4) is 0 Å². The average molecular weight is 392 g/mol. The number of benzene rings is 1. The van der Waals surface area contributed by atoms with E-state index in [0.717, 1.165) is 19.5 Å². The molecule has 2 aromatic rings. The van der Waals surface area contributed by atoms with Gasteiger partial charge in [-0.05, 0) is 37.0 Å². The average Bonchev–Trinajstić information content (AvgIpc) is 2.62. The molecule has 7 heteroatoms. The van der Waals surface area contributed by atoms with Crippen molar-refractivity contribution in [2.24, 2.45) is 5.92 Å². The zero-order chi connectivity index (χ0) is 18.7. The molecule has 0 radical (unpaired) electrons. The molecule has 1 aliphatic heterocycles. The van der Waals surface area contributed by atoms with Crippen LogP contribution in [-0.4, -0.2) is 39.2 Å². The number of piperidine rings is 1. The first-order valence-corrected chi connectivity index (χ1v) is 10.1. The normalized spacial score (nSPS) is 17.5. The van der Waals surface area contributed by atoms with Crippen molar-refractivity contribution in [3.63, 3.8) is 0 Å². The molecule has 1 aromatic heterocycles. The Bertz CT molecular complexity index is 896. The Kier molecular flexibility index (Phi) is 6.04. The molecule has 1 aromatic carbocycles. The van der Waals surface area contributed by atoms with Crippen LogP contribution in [0.4, 0.5) is 0 Å². The zero-order valence-electron chi connectivity index (χ0n) is 14.8. The number of hydrogen-bond acceptors (Lipinski definition) is 4. The molecule has 0 saturated carbocycles. The SMILES string of the molecule is C=CCn1c(SCC(=O)N2CCCC(C)C2)nc2cc(Cl)ccc2c1=O. The van der Waals surface area contributed by atoms with Crippen LogP contribution in [0.25, 0.3) is 10.9 Å². The summed E-state index contributed by atoms with van der Waals surface area (Å²) < 4.78 is 1.56. The number of nitrogens with zero attached hydrogens (tertiary/aromatic N) is 3. The summed E-state index contributed by atoms with van der Waals surface area (Å²) in [4.78, 5) is 31.8. The number of carbonyl (C=O) groups is 1. The van der Waals surface area contributed by atoms with Gasteiger partial charge in [-0.15, -0.1) is 6.58 Å². The Morgan fingerprint density at radius 3 is 3.04 bits per heavy atom. The summed E-state index contributed by atoms with van der Waals surface area (Å²) >= 11 is 7.33. The van der Waals surface area contributed by atoms with Crippen LogP contribution in [-0.2, 0) is 11.3 Å². The highest BCUT2D eigenvalue weighted by molar-refractivity contribution is 7.99. The van der Waals surface area contributed by atoms with E-state index < -0.39 is 0 Å². The minimum atomic E-state index is -0.145. The first-order valence-electron chi connectivity index (χ1n) is 8.71. The van der Waals surface area contributed by atoms with E-state index in [1.54, 1.807) is 28.8 Å². The molecular formula is C19H22ClN3O2S. The number of hydrogen-bond donors (Lipinski definition) is 0. The molecule has 0 aliphatic carbocycles. The molecule has 1 fully saturated rings. The van der Waals surface area contributed by atoms with Gasteiger partial charge in [-0.3, -0.25) is 14.2 Å². The summed E-state index contributed by atoms with van der Waals surface area (Å²) in [7, 11) is 0. The van der Waals surface area contributed by atoms with Gasteiger partial charge in [-0.25, -0.2) is 4.98 Å². The third kappa shape index (κ3) is 4.13. The number of fused-ring (bicyclic) bond motifs is 1. The Labute approximate surface area is 162 Å². The number of carbonyl (C=O) groups excluding carboxylic acids is 1. The van der Waals surface area contributed by atoms with Crippen LogP contribution in [0.1, 0.15) is 19.8 Å². The fraction of sp³-hybridized carbons (Fsp3) is 0.421. The Balaban J connectivity index is 1.86. The number of halogens is 1. The maximum Gasteiger partial charge on any atom is 0.262 e. The van der Waals surface area contributed by atoms with E-state index in [9.17, 15) is 9.59 Å². The summed E-state index contributed by atoms with van der Waals surface area (Å²) in [6, 6.07) is 5.04. The highest BCUT2D eigenvalue weighted by Gasteiger charge is 2.21. The number of thioether (sulfide) groups is 1. The summed E-state index contributed by atoms with van der Waals surface area (Å²) in [6.45, 7) is 7.85. The van der Waals surface area contributed by atoms with Gasteiger partial charge < -0.3 is 4.90 Å². The van der Waals surface area contributed by atoms with Crippen molar-refractivity contribution in [3.8, 4) is 0 Å². The lowest BCUT2D eigenvalue weighted by molar-refractivity contribution is -0.130. The predicted octanol–water partition coefficient (Wildman–Crippen LogP) is 3.59. The summed E-state index contributed by atoms with van der Waals surface area (Å²) in [5.74, 6) is 0.896. The molecule has 0 spiro atoms. The van der Waals surface area contributed by atoms with Crippen LogP contribution in [0.5, 0.6) is 0 Å². The summed E-state index contributed by atoms with van der Waals surface area (Å²) in [5.41, 5.74) is 0.400. The van der Waals surface area contributed by atoms with Gasteiger partial charge in [0, 0.05) is 24.7 Å². The van der Waals surface area contributed by atoms with Gasteiger partial charge in [-0.1, -0.05) is 36.4 Å². The van der Waals surface area contributed by atoms with Crippen LogP contribution >= 0.6 is 23.4 Å². The molecule has 1 aliphatic rings. The number of amides is 1. The molecule has 1 atom stereocenters. The molecule has 1 amide bonds. The van der Waals surface area contributed by atoms with Crippen LogP contribution in [0.2, 0.25) is 5.02 Å². The van der Waals surface area contributed by atoms with E-state index in [0.29, 0.717) is 33.5 Å². The fourth-order valence-electron chi connectivity index (χ4n) is 3.21. The van der Waals surface area contributed by atoms with Crippen molar-refractivity contribution >= 4 is 40.2 Å². The van der Waals surface area contributed by atoms with Gasteiger partial charge in [-0.2, -0.15) is 0 Å².